The molecule has 0 aliphatic heterocycles. The van der Waals surface area contributed by atoms with E-state index in [4.69, 9.17) is 0 Å². The first kappa shape index (κ1) is 14.7. The molecule has 104 valence electrons. The molecular weight excluding hydrogens is 322 g/mol. The first-order valence-corrected chi connectivity index (χ1v) is 7.03. The van der Waals surface area contributed by atoms with Crippen LogP contribution in [0, 0.1) is 10.1 Å². The number of aryl methyl sites for hydroxylation is 1. The molecule has 0 saturated heterocycles. The fourth-order valence-corrected chi connectivity index (χ4v) is 2.64. The fraction of sp³-hybridized carbons (Fsp3) is 0.200. The van der Waals surface area contributed by atoms with Crippen molar-refractivity contribution >= 4 is 21.6 Å². The van der Waals surface area contributed by atoms with Gasteiger partial charge >= 0.3 is 0 Å². The molecule has 2 aromatic rings. The second-order valence-corrected chi connectivity index (χ2v) is 5.27. The topological polar surface area (TPSA) is 63.4 Å². The van der Waals surface area contributed by atoms with E-state index in [-0.39, 0.29) is 5.69 Å². The smallest absolute Gasteiger partial charge is 0.283 e. The molecule has 2 rings (SSSR count). The van der Waals surface area contributed by atoms with Crippen LogP contribution in [0.4, 0.5) is 5.69 Å². The van der Waals surface area contributed by atoms with Gasteiger partial charge in [0.15, 0.2) is 0 Å². The standard InChI is InChI=1S/C15H14BrNO3/c16-15-12(7-4-8-13(15)17(19)20)9-10-14(18)11-5-2-1-3-6-11/h1-8,14,18H,9-10H2. The molecule has 20 heavy (non-hydrogen) atoms. The van der Waals surface area contributed by atoms with Crippen molar-refractivity contribution in [1.82, 2.24) is 0 Å². The number of nitro groups is 1. The molecule has 0 saturated carbocycles. The van der Waals surface area contributed by atoms with Gasteiger partial charge in [-0.25, -0.2) is 0 Å². The lowest BCUT2D eigenvalue weighted by atomic mass is 10.0. The van der Waals surface area contributed by atoms with Gasteiger partial charge in [-0.3, -0.25) is 10.1 Å². The third-order valence-electron chi connectivity index (χ3n) is 3.13. The summed E-state index contributed by atoms with van der Waals surface area (Å²) in [7, 11) is 0. The third kappa shape index (κ3) is 3.43. The molecule has 0 heterocycles. The monoisotopic (exact) mass is 335 g/mol. The van der Waals surface area contributed by atoms with Gasteiger partial charge in [0.05, 0.1) is 15.5 Å². The number of hydrogen-bond donors (Lipinski definition) is 1. The highest BCUT2D eigenvalue weighted by atomic mass is 79.9. The lowest BCUT2D eigenvalue weighted by Gasteiger charge is -2.11. The molecule has 2 aromatic carbocycles. The Morgan fingerprint density at radius 3 is 2.50 bits per heavy atom. The molecular formula is C15H14BrNO3. The predicted octanol–water partition coefficient (Wildman–Crippen LogP) is 4.02. The summed E-state index contributed by atoms with van der Waals surface area (Å²) in [4.78, 5) is 10.4. The van der Waals surface area contributed by atoms with Crippen molar-refractivity contribution in [3.05, 3.63) is 74.2 Å². The second kappa shape index (κ2) is 6.63. The number of halogens is 1. The van der Waals surface area contributed by atoms with Gasteiger partial charge in [-0.2, -0.15) is 0 Å². The summed E-state index contributed by atoms with van der Waals surface area (Å²) in [5.41, 5.74) is 1.74. The third-order valence-corrected chi connectivity index (χ3v) is 4.04. The Morgan fingerprint density at radius 2 is 1.85 bits per heavy atom. The zero-order valence-corrected chi connectivity index (χ0v) is 12.3. The van der Waals surface area contributed by atoms with Gasteiger partial charge in [-0.05, 0) is 39.9 Å². The zero-order chi connectivity index (χ0) is 14.5. The number of benzene rings is 2. The minimum Gasteiger partial charge on any atom is -0.388 e. The maximum absolute atomic E-state index is 10.9. The quantitative estimate of drug-likeness (QED) is 0.662. The van der Waals surface area contributed by atoms with Crippen molar-refractivity contribution in [2.75, 3.05) is 0 Å². The summed E-state index contributed by atoms with van der Waals surface area (Å²) >= 11 is 3.26. The van der Waals surface area contributed by atoms with Crippen LogP contribution in [0.3, 0.4) is 0 Å². The van der Waals surface area contributed by atoms with Gasteiger partial charge in [-0.1, -0.05) is 42.5 Å². The van der Waals surface area contributed by atoms with E-state index < -0.39 is 11.0 Å². The molecule has 5 heteroatoms. The van der Waals surface area contributed by atoms with Crippen LogP contribution >= 0.6 is 15.9 Å². The van der Waals surface area contributed by atoms with Crippen LogP contribution in [-0.2, 0) is 6.42 Å². The summed E-state index contributed by atoms with van der Waals surface area (Å²) in [5, 5.41) is 21.0. The van der Waals surface area contributed by atoms with E-state index in [0.29, 0.717) is 17.3 Å². The molecule has 0 spiro atoms. The summed E-state index contributed by atoms with van der Waals surface area (Å²) in [6, 6.07) is 14.3. The van der Waals surface area contributed by atoms with Crippen LogP contribution in [0.1, 0.15) is 23.7 Å². The van der Waals surface area contributed by atoms with E-state index in [1.807, 2.05) is 36.4 Å². The van der Waals surface area contributed by atoms with Crippen molar-refractivity contribution in [2.24, 2.45) is 0 Å². The molecule has 0 radical (unpaired) electrons. The number of rotatable bonds is 5. The number of hydrogen-bond acceptors (Lipinski definition) is 3. The molecule has 4 nitrogen and oxygen atoms in total. The molecule has 0 aliphatic rings. The van der Waals surface area contributed by atoms with Crippen LogP contribution in [0.25, 0.3) is 0 Å². The van der Waals surface area contributed by atoms with Crippen molar-refractivity contribution in [2.45, 2.75) is 18.9 Å². The van der Waals surface area contributed by atoms with Gasteiger partial charge < -0.3 is 5.11 Å². The van der Waals surface area contributed by atoms with E-state index in [9.17, 15) is 15.2 Å². The highest BCUT2D eigenvalue weighted by Gasteiger charge is 2.16. The second-order valence-electron chi connectivity index (χ2n) is 4.47. The Kier molecular flexibility index (Phi) is 4.87. The Hall–Kier alpha value is -1.72. The summed E-state index contributed by atoms with van der Waals surface area (Å²) in [6.45, 7) is 0. The molecule has 1 N–H and O–H groups in total. The van der Waals surface area contributed by atoms with Crippen molar-refractivity contribution in [3.8, 4) is 0 Å². The maximum atomic E-state index is 10.9. The molecule has 0 amide bonds. The summed E-state index contributed by atoms with van der Waals surface area (Å²) in [6.07, 6.45) is 0.518. The molecule has 0 aliphatic carbocycles. The number of aliphatic hydroxyl groups excluding tert-OH is 1. The van der Waals surface area contributed by atoms with E-state index in [2.05, 4.69) is 15.9 Å². The van der Waals surface area contributed by atoms with Gasteiger partial charge in [0.2, 0.25) is 0 Å². The SMILES string of the molecule is O=[N+]([O-])c1cccc(CCC(O)c2ccccc2)c1Br. The van der Waals surface area contributed by atoms with Crippen LogP contribution < -0.4 is 0 Å². The van der Waals surface area contributed by atoms with Crippen LogP contribution in [-0.4, -0.2) is 10.0 Å². The number of nitro benzene ring substituents is 1. The predicted molar refractivity (Wildman–Crippen MR) is 80.5 cm³/mol. The first-order chi connectivity index (χ1) is 9.59. The fourth-order valence-electron chi connectivity index (χ4n) is 2.03. The maximum Gasteiger partial charge on any atom is 0.283 e. The van der Waals surface area contributed by atoms with Gasteiger partial charge in [0.25, 0.3) is 5.69 Å². The zero-order valence-electron chi connectivity index (χ0n) is 10.7. The molecule has 0 fully saturated rings. The van der Waals surface area contributed by atoms with Gasteiger partial charge in [0, 0.05) is 6.07 Å². The van der Waals surface area contributed by atoms with E-state index in [1.165, 1.54) is 6.07 Å². The lowest BCUT2D eigenvalue weighted by Crippen LogP contribution is -2.01. The normalized spacial score (nSPS) is 12.1. The molecule has 0 bridgehead atoms. The van der Waals surface area contributed by atoms with Crippen molar-refractivity contribution in [3.63, 3.8) is 0 Å². The summed E-state index contributed by atoms with van der Waals surface area (Å²) in [5.74, 6) is 0. The molecule has 1 atom stereocenters. The first-order valence-electron chi connectivity index (χ1n) is 6.24. The van der Waals surface area contributed by atoms with Crippen LogP contribution in [0.2, 0.25) is 0 Å². The van der Waals surface area contributed by atoms with E-state index >= 15 is 0 Å². The largest absolute Gasteiger partial charge is 0.388 e. The Labute approximate surface area is 125 Å². The van der Waals surface area contributed by atoms with E-state index in [0.717, 1.165) is 11.1 Å². The molecule has 1 unspecified atom stereocenters. The highest BCUT2D eigenvalue weighted by molar-refractivity contribution is 9.10. The highest BCUT2D eigenvalue weighted by Crippen LogP contribution is 2.30. The van der Waals surface area contributed by atoms with Crippen LogP contribution in [0.15, 0.2) is 53.0 Å². The number of aliphatic hydroxyl groups is 1. The summed E-state index contributed by atoms with van der Waals surface area (Å²) < 4.78 is 0.491. The number of nitrogens with zero attached hydrogens (tertiary/aromatic N) is 1. The van der Waals surface area contributed by atoms with E-state index in [1.54, 1.807) is 6.07 Å². The van der Waals surface area contributed by atoms with Crippen molar-refractivity contribution in [1.29, 1.82) is 0 Å². The van der Waals surface area contributed by atoms with Gasteiger partial charge in [0.1, 0.15) is 0 Å². The van der Waals surface area contributed by atoms with Gasteiger partial charge in [-0.15, -0.1) is 0 Å². The lowest BCUT2D eigenvalue weighted by molar-refractivity contribution is -0.385. The van der Waals surface area contributed by atoms with Crippen molar-refractivity contribution < 1.29 is 10.0 Å². The Morgan fingerprint density at radius 1 is 1.15 bits per heavy atom. The Balaban J connectivity index is 2.08. The van der Waals surface area contributed by atoms with Crippen LogP contribution in [0.5, 0.6) is 0 Å². The average Bonchev–Trinajstić information content (AvgIpc) is 2.46. The average molecular weight is 336 g/mol. The Bertz CT molecular complexity index is 601. The minimum atomic E-state index is -0.567. The minimum absolute atomic E-state index is 0.0525. The molecule has 0 aromatic heterocycles.